The normalized spacial score (nSPS) is 18.9. The van der Waals surface area contributed by atoms with Crippen molar-refractivity contribution in [3.63, 3.8) is 0 Å². The molecule has 2 aromatic rings. The van der Waals surface area contributed by atoms with Crippen LogP contribution in [0.25, 0.3) is 12.2 Å². The van der Waals surface area contributed by atoms with Gasteiger partial charge in [-0.05, 0) is 66.8 Å². The number of carbonyl (C=O) groups excluding carboxylic acids is 1. The Morgan fingerprint density at radius 2 is 1.52 bits per heavy atom. The lowest BCUT2D eigenvalue weighted by atomic mass is 9.87. The lowest BCUT2D eigenvalue weighted by Crippen LogP contribution is -2.12. The molecule has 1 heterocycles. The molecule has 4 rings (SSSR count). The summed E-state index contributed by atoms with van der Waals surface area (Å²) in [6.07, 6.45) is 6.03. The summed E-state index contributed by atoms with van der Waals surface area (Å²) < 4.78 is 10.7. The molecule has 0 saturated heterocycles. The van der Waals surface area contributed by atoms with Crippen LogP contribution in [0.1, 0.15) is 30.4 Å². The van der Waals surface area contributed by atoms with Gasteiger partial charge in [-0.1, -0.05) is 6.07 Å². The van der Waals surface area contributed by atoms with Gasteiger partial charge in [0.25, 0.3) is 5.69 Å². The van der Waals surface area contributed by atoms with Crippen LogP contribution in [0.2, 0.25) is 0 Å². The van der Waals surface area contributed by atoms with Crippen LogP contribution in [-0.4, -0.2) is 17.5 Å². The number of non-ortho nitro benzene ring substituents is 1. The van der Waals surface area contributed by atoms with Gasteiger partial charge in [0.05, 0.1) is 4.92 Å². The minimum Gasteiger partial charge on any atom is -0.454 e. The number of carbonyl (C=O) groups is 1. The summed E-state index contributed by atoms with van der Waals surface area (Å²) in [5.41, 5.74) is 3.21. The average Bonchev–Trinajstić information content (AvgIpc) is 3.13. The third-order valence-electron chi connectivity index (χ3n) is 4.66. The molecule has 1 fully saturated rings. The van der Waals surface area contributed by atoms with Crippen molar-refractivity contribution < 1.29 is 19.2 Å². The van der Waals surface area contributed by atoms with Crippen molar-refractivity contribution in [2.75, 3.05) is 6.79 Å². The van der Waals surface area contributed by atoms with Crippen LogP contribution in [0.15, 0.2) is 53.6 Å². The van der Waals surface area contributed by atoms with Gasteiger partial charge >= 0.3 is 0 Å². The summed E-state index contributed by atoms with van der Waals surface area (Å²) >= 11 is 0. The number of allylic oxidation sites excluding steroid dienone is 2. The number of ether oxygens (including phenoxy) is 2. The molecular weight excluding hydrogens is 346 g/mol. The second-order valence-electron chi connectivity index (χ2n) is 6.48. The molecule has 0 bridgehead atoms. The number of hydrogen-bond donors (Lipinski definition) is 0. The Labute approximate surface area is 155 Å². The van der Waals surface area contributed by atoms with Crippen LogP contribution < -0.4 is 9.47 Å². The van der Waals surface area contributed by atoms with E-state index in [0.29, 0.717) is 17.9 Å². The fourth-order valence-corrected chi connectivity index (χ4v) is 3.28. The van der Waals surface area contributed by atoms with E-state index >= 15 is 0 Å². The summed E-state index contributed by atoms with van der Waals surface area (Å²) in [5.74, 6) is 1.43. The Balaban J connectivity index is 1.58. The molecule has 2 aromatic carbocycles. The summed E-state index contributed by atoms with van der Waals surface area (Å²) in [5, 5.41) is 10.8. The summed E-state index contributed by atoms with van der Waals surface area (Å²) in [4.78, 5) is 23.2. The number of nitrogens with zero attached hydrogens (tertiary/aromatic N) is 1. The van der Waals surface area contributed by atoms with Gasteiger partial charge in [-0.15, -0.1) is 0 Å². The van der Waals surface area contributed by atoms with Gasteiger partial charge in [-0.3, -0.25) is 14.9 Å². The molecular formula is C21H17NO5. The van der Waals surface area contributed by atoms with Crippen molar-refractivity contribution in [3.05, 3.63) is 74.9 Å². The van der Waals surface area contributed by atoms with E-state index in [0.717, 1.165) is 35.1 Å². The van der Waals surface area contributed by atoms with Crippen molar-refractivity contribution in [3.8, 4) is 11.5 Å². The summed E-state index contributed by atoms with van der Waals surface area (Å²) in [6, 6.07) is 11.8. The Morgan fingerprint density at radius 3 is 2.22 bits per heavy atom. The highest BCUT2D eigenvalue weighted by molar-refractivity contribution is 6.14. The smallest absolute Gasteiger partial charge is 0.269 e. The standard InChI is InChI=1S/C21H17NO5/c23-21-16(10-14-4-7-18(8-5-14)22(24)25)2-1-3-17(21)11-15-6-9-19-20(12-15)27-13-26-19/h4-12H,1-3,13H2/b16-10+,17-11+. The fourth-order valence-electron chi connectivity index (χ4n) is 3.28. The molecule has 0 radical (unpaired) electrons. The highest BCUT2D eigenvalue weighted by Gasteiger charge is 2.21. The monoisotopic (exact) mass is 363 g/mol. The first-order chi connectivity index (χ1) is 13.1. The predicted molar refractivity (Wildman–Crippen MR) is 100 cm³/mol. The molecule has 0 N–H and O–H groups in total. The number of nitro benzene ring substituents is 1. The van der Waals surface area contributed by atoms with E-state index in [9.17, 15) is 14.9 Å². The Morgan fingerprint density at radius 1 is 0.889 bits per heavy atom. The van der Waals surface area contributed by atoms with Gasteiger partial charge in [-0.25, -0.2) is 0 Å². The zero-order chi connectivity index (χ0) is 18.8. The Hall–Kier alpha value is -3.41. The van der Waals surface area contributed by atoms with E-state index in [-0.39, 0.29) is 18.3 Å². The molecule has 1 saturated carbocycles. The number of ketones is 1. The van der Waals surface area contributed by atoms with E-state index in [1.165, 1.54) is 12.1 Å². The lowest BCUT2D eigenvalue weighted by Gasteiger charge is -2.16. The molecule has 0 aromatic heterocycles. The maximum absolute atomic E-state index is 12.8. The van der Waals surface area contributed by atoms with Crippen LogP contribution in [0.5, 0.6) is 11.5 Å². The van der Waals surface area contributed by atoms with Gasteiger partial charge in [0, 0.05) is 23.3 Å². The topological polar surface area (TPSA) is 78.7 Å². The second-order valence-corrected chi connectivity index (χ2v) is 6.48. The maximum atomic E-state index is 12.8. The van der Waals surface area contributed by atoms with Crippen LogP contribution in [0.3, 0.4) is 0 Å². The molecule has 136 valence electrons. The number of fused-ring (bicyclic) bond motifs is 1. The van der Waals surface area contributed by atoms with Gasteiger partial charge in [0.15, 0.2) is 17.3 Å². The number of nitro groups is 1. The van der Waals surface area contributed by atoms with Crippen LogP contribution in [0, 0.1) is 10.1 Å². The molecule has 6 heteroatoms. The SMILES string of the molecule is O=C1/C(=C/c2ccc([N+](=O)[O-])cc2)CCC/C1=C\c1ccc2c(c1)OCO2. The minimum atomic E-state index is -0.436. The van der Waals surface area contributed by atoms with Crippen molar-refractivity contribution in [1.29, 1.82) is 0 Å². The molecule has 1 aliphatic heterocycles. The number of benzene rings is 2. The lowest BCUT2D eigenvalue weighted by molar-refractivity contribution is -0.384. The maximum Gasteiger partial charge on any atom is 0.269 e. The predicted octanol–water partition coefficient (Wildman–Crippen LogP) is 4.54. The molecule has 27 heavy (non-hydrogen) atoms. The summed E-state index contributed by atoms with van der Waals surface area (Å²) in [7, 11) is 0. The van der Waals surface area contributed by atoms with Gasteiger partial charge in [0.1, 0.15) is 0 Å². The summed E-state index contributed by atoms with van der Waals surface area (Å²) in [6.45, 7) is 0.219. The third-order valence-corrected chi connectivity index (χ3v) is 4.66. The van der Waals surface area contributed by atoms with Crippen molar-refractivity contribution in [2.45, 2.75) is 19.3 Å². The average molecular weight is 363 g/mol. The van der Waals surface area contributed by atoms with E-state index < -0.39 is 4.92 Å². The largest absolute Gasteiger partial charge is 0.454 e. The van der Waals surface area contributed by atoms with Crippen LogP contribution in [-0.2, 0) is 4.79 Å². The molecule has 0 amide bonds. The Bertz CT molecular complexity index is 973. The first-order valence-electron chi connectivity index (χ1n) is 8.70. The van der Waals surface area contributed by atoms with E-state index in [4.69, 9.17) is 9.47 Å². The third kappa shape index (κ3) is 3.60. The first kappa shape index (κ1) is 17.0. The van der Waals surface area contributed by atoms with E-state index in [2.05, 4.69) is 0 Å². The Kier molecular flexibility index (Phi) is 4.46. The fraction of sp³-hybridized carbons (Fsp3) is 0.190. The quantitative estimate of drug-likeness (QED) is 0.454. The zero-order valence-electron chi connectivity index (χ0n) is 14.5. The van der Waals surface area contributed by atoms with E-state index in [1.54, 1.807) is 12.1 Å². The van der Waals surface area contributed by atoms with E-state index in [1.807, 2.05) is 30.4 Å². The zero-order valence-corrected chi connectivity index (χ0v) is 14.5. The van der Waals surface area contributed by atoms with Crippen LogP contribution in [0.4, 0.5) is 5.69 Å². The van der Waals surface area contributed by atoms with Crippen molar-refractivity contribution >= 4 is 23.6 Å². The number of rotatable bonds is 3. The highest BCUT2D eigenvalue weighted by Crippen LogP contribution is 2.34. The molecule has 6 nitrogen and oxygen atoms in total. The molecule has 0 atom stereocenters. The molecule has 0 unspecified atom stereocenters. The minimum absolute atomic E-state index is 0.0252. The number of Topliss-reactive ketones (excluding diaryl/α,β-unsaturated/α-hetero) is 1. The number of hydrogen-bond acceptors (Lipinski definition) is 5. The van der Waals surface area contributed by atoms with Crippen molar-refractivity contribution in [1.82, 2.24) is 0 Å². The molecule has 2 aliphatic rings. The highest BCUT2D eigenvalue weighted by atomic mass is 16.7. The molecule has 1 aliphatic carbocycles. The first-order valence-corrected chi connectivity index (χ1v) is 8.70. The van der Waals surface area contributed by atoms with Gasteiger partial charge in [0.2, 0.25) is 6.79 Å². The van der Waals surface area contributed by atoms with Gasteiger partial charge < -0.3 is 9.47 Å². The second kappa shape index (κ2) is 7.07. The van der Waals surface area contributed by atoms with Gasteiger partial charge in [-0.2, -0.15) is 0 Å². The molecule has 0 spiro atoms. The van der Waals surface area contributed by atoms with Crippen LogP contribution >= 0.6 is 0 Å². The van der Waals surface area contributed by atoms with Crippen molar-refractivity contribution in [2.24, 2.45) is 0 Å².